The zero-order chi connectivity index (χ0) is 48.3. The van der Waals surface area contributed by atoms with Crippen molar-refractivity contribution in [3.8, 4) is 20.9 Å². The van der Waals surface area contributed by atoms with Crippen LogP contribution in [0, 0.1) is 34.6 Å². The minimum absolute atomic E-state index is 0.00455. The molecule has 0 fully saturated rings. The second kappa shape index (κ2) is 15.5. The minimum atomic E-state index is -0.00455. The largest absolute Gasteiger partial charge is 0.302 e. The summed E-state index contributed by atoms with van der Waals surface area (Å²) in [5, 5.41) is 8.03. The normalized spacial score (nSPS) is 13.6. The van der Waals surface area contributed by atoms with Gasteiger partial charge in [0.2, 0.25) is 0 Å². The number of rotatable bonds is 4. The molecule has 0 unspecified atom stereocenters. The maximum atomic E-state index is 2.70. The highest BCUT2D eigenvalue weighted by atomic mass is 32.1. The van der Waals surface area contributed by atoms with Crippen molar-refractivity contribution in [2.75, 3.05) is 9.80 Å². The Balaban J connectivity index is 1.12. The number of fused-ring (bicyclic) bond motifs is 10. The third kappa shape index (κ3) is 6.68. The molecule has 0 N–H and O–H groups in total. The van der Waals surface area contributed by atoms with E-state index in [0.29, 0.717) is 0 Å². The summed E-state index contributed by atoms with van der Waals surface area (Å²) in [5.41, 5.74) is 21.1. The van der Waals surface area contributed by atoms with Gasteiger partial charge in [-0.3, -0.25) is 0 Å². The van der Waals surface area contributed by atoms with Crippen LogP contribution in [-0.4, -0.2) is 6.71 Å². The summed E-state index contributed by atoms with van der Waals surface area (Å²) in [6, 6.07) is 51.8. The lowest BCUT2D eigenvalue weighted by atomic mass is 9.33. The first-order chi connectivity index (χ1) is 33.5. The van der Waals surface area contributed by atoms with E-state index in [4.69, 9.17) is 0 Å². The fraction of sp³-hybridized carbons (Fsp3) is 0.206. The Kier molecular flexibility index (Phi) is 9.76. The van der Waals surface area contributed by atoms with Crippen LogP contribution in [-0.2, 0) is 10.8 Å². The van der Waals surface area contributed by atoms with Crippen LogP contribution in [0.15, 0.2) is 133 Å². The number of anilines is 6. The van der Waals surface area contributed by atoms with E-state index in [1.807, 2.05) is 45.3 Å². The van der Waals surface area contributed by atoms with Crippen molar-refractivity contribution < 1.29 is 0 Å². The topological polar surface area (TPSA) is 6.48 Å². The monoisotopic (exact) mass is 978 g/mol. The van der Waals surface area contributed by atoms with Crippen LogP contribution in [0.25, 0.3) is 61.2 Å². The SMILES string of the molecule is Cc1cc2c3c(c1)N(c1c(C)cc(-c4cc5ccccc5s4)cc1C)c1sc4ccc(C(C)(C)C)cc4c1B3c1c(sc3ccc(C(C)(C)C)cc13)N2c1c(C)cc(-c2cc3ccccc3s2)cc1C. The molecule has 11 aromatic rings. The highest BCUT2D eigenvalue weighted by Crippen LogP contribution is 2.54. The van der Waals surface area contributed by atoms with Crippen molar-refractivity contribution in [1.82, 2.24) is 0 Å². The molecule has 0 saturated heterocycles. The van der Waals surface area contributed by atoms with Gasteiger partial charge in [0.05, 0.1) is 21.4 Å². The quantitative estimate of drug-likeness (QED) is 0.162. The molecule has 7 heteroatoms. The molecule has 0 radical (unpaired) electrons. The molecule has 0 saturated carbocycles. The third-order valence-corrected chi connectivity index (χ3v) is 19.7. The van der Waals surface area contributed by atoms with Gasteiger partial charge in [0.15, 0.2) is 0 Å². The zero-order valence-electron chi connectivity index (χ0n) is 41.8. The lowest BCUT2D eigenvalue weighted by Gasteiger charge is -2.43. The Labute approximate surface area is 428 Å². The first kappa shape index (κ1) is 44.0. The molecular formula is C63H55BN2S4. The molecule has 0 bridgehead atoms. The van der Waals surface area contributed by atoms with Crippen LogP contribution in [0.5, 0.6) is 0 Å². The van der Waals surface area contributed by atoms with Gasteiger partial charge in [-0.15, -0.1) is 45.3 Å². The standard InChI is InChI=1S/C63H55BN2S4/c1-34-24-47-57-48(25-34)66(59-37(4)28-42(29-38(59)5)54-31-40-17-13-15-19-50(40)68-54)61-56(46-33-44(63(9,10)11)21-23-52(46)70-61)64(57)55-45-32-43(62(6,7)8)20-22-51(45)69-60(55)65(47)58-35(2)26-41(27-36(58)3)53-30-39-16-12-14-18-49(39)67-53/h12-33H,1-11H3. The molecule has 2 nitrogen and oxygen atoms in total. The highest BCUT2D eigenvalue weighted by molar-refractivity contribution is 7.29. The second-order valence-corrected chi connectivity index (χ2v) is 26.3. The van der Waals surface area contributed by atoms with Crippen LogP contribution < -0.4 is 26.2 Å². The molecule has 0 atom stereocenters. The highest BCUT2D eigenvalue weighted by Gasteiger charge is 2.48. The molecule has 344 valence electrons. The van der Waals surface area contributed by atoms with E-state index in [0.717, 1.165) is 0 Å². The van der Waals surface area contributed by atoms with E-state index in [2.05, 4.69) is 219 Å². The Morgan fingerprint density at radius 1 is 0.400 bits per heavy atom. The van der Waals surface area contributed by atoms with Crippen molar-refractivity contribution in [3.63, 3.8) is 0 Å². The molecule has 2 aliphatic heterocycles. The van der Waals surface area contributed by atoms with Crippen LogP contribution in [0.1, 0.15) is 80.5 Å². The summed E-state index contributed by atoms with van der Waals surface area (Å²) in [6.45, 7) is 25.8. The zero-order valence-corrected chi connectivity index (χ0v) is 45.1. The molecule has 2 aliphatic rings. The molecule has 0 spiro atoms. The van der Waals surface area contributed by atoms with E-state index in [-0.39, 0.29) is 17.5 Å². The third-order valence-electron chi connectivity index (χ3n) is 15.0. The summed E-state index contributed by atoms with van der Waals surface area (Å²) in [7, 11) is 0. The number of hydrogen-bond donors (Lipinski definition) is 0. The van der Waals surface area contributed by atoms with Crippen LogP contribution in [0.2, 0.25) is 0 Å². The van der Waals surface area contributed by atoms with Crippen LogP contribution in [0.3, 0.4) is 0 Å². The number of hydrogen-bond acceptors (Lipinski definition) is 6. The average Bonchev–Trinajstić information content (AvgIpc) is 4.11. The van der Waals surface area contributed by atoms with E-state index < -0.39 is 0 Å². The van der Waals surface area contributed by atoms with Gasteiger partial charge in [0.1, 0.15) is 0 Å². The van der Waals surface area contributed by atoms with E-state index in [1.54, 1.807) is 0 Å². The summed E-state index contributed by atoms with van der Waals surface area (Å²) in [6.07, 6.45) is 0. The van der Waals surface area contributed by atoms with E-state index >= 15 is 0 Å². The molecule has 0 amide bonds. The fourth-order valence-electron chi connectivity index (χ4n) is 11.7. The van der Waals surface area contributed by atoms with Crippen molar-refractivity contribution >= 4 is 142 Å². The summed E-state index contributed by atoms with van der Waals surface area (Å²) >= 11 is 7.73. The predicted octanol–water partition coefficient (Wildman–Crippen LogP) is 18.1. The van der Waals surface area contributed by atoms with E-state index in [1.165, 1.54) is 149 Å². The van der Waals surface area contributed by atoms with Crippen LogP contribution in [0.4, 0.5) is 32.8 Å². The first-order valence-corrected chi connectivity index (χ1v) is 27.9. The summed E-state index contributed by atoms with van der Waals surface area (Å²) < 4.78 is 5.34. The van der Waals surface area contributed by atoms with Crippen molar-refractivity contribution in [1.29, 1.82) is 0 Å². The molecule has 6 heterocycles. The molecule has 4 aromatic heterocycles. The van der Waals surface area contributed by atoms with E-state index in [9.17, 15) is 0 Å². The minimum Gasteiger partial charge on any atom is -0.302 e. The predicted molar refractivity (Wildman–Crippen MR) is 314 cm³/mol. The van der Waals surface area contributed by atoms with Gasteiger partial charge in [0.25, 0.3) is 6.71 Å². The van der Waals surface area contributed by atoms with Gasteiger partial charge in [-0.05, 0) is 206 Å². The number of benzene rings is 7. The average molecular weight is 979 g/mol. The second-order valence-electron chi connectivity index (χ2n) is 22.1. The molecule has 13 rings (SSSR count). The van der Waals surface area contributed by atoms with Gasteiger partial charge in [0, 0.05) is 39.9 Å². The lowest BCUT2D eigenvalue weighted by Crippen LogP contribution is -2.60. The summed E-state index contributed by atoms with van der Waals surface area (Å²) in [5.74, 6) is 0. The number of thiophene rings is 4. The smallest absolute Gasteiger partial charge is 0.256 e. The Bertz CT molecular complexity index is 3640. The Morgan fingerprint density at radius 3 is 1.19 bits per heavy atom. The van der Waals surface area contributed by atoms with Gasteiger partial charge >= 0.3 is 0 Å². The fourth-order valence-corrected chi connectivity index (χ4v) is 16.3. The van der Waals surface area contributed by atoms with Crippen molar-refractivity contribution in [2.24, 2.45) is 0 Å². The van der Waals surface area contributed by atoms with Crippen molar-refractivity contribution in [3.05, 3.63) is 172 Å². The molecule has 70 heavy (non-hydrogen) atoms. The summed E-state index contributed by atoms with van der Waals surface area (Å²) in [4.78, 5) is 8.02. The maximum absolute atomic E-state index is 2.70. The number of aryl methyl sites for hydroxylation is 5. The Morgan fingerprint density at radius 2 is 0.800 bits per heavy atom. The maximum Gasteiger partial charge on any atom is 0.256 e. The Hall–Kier alpha value is -5.96. The van der Waals surface area contributed by atoms with Gasteiger partial charge in [-0.2, -0.15) is 0 Å². The lowest BCUT2D eigenvalue weighted by molar-refractivity contribution is 0.591. The van der Waals surface area contributed by atoms with Crippen LogP contribution >= 0.6 is 45.3 Å². The first-order valence-electron chi connectivity index (χ1n) is 24.6. The molecular weight excluding hydrogens is 924 g/mol. The molecule has 7 aromatic carbocycles. The number of nitrogens with zero attached hydrogens (tertiary/aromatic N) is 2. The van der Waals surface area contributed by atoms with Gasteiger partial charge in [-0.1, -0.05) is 102 Å². The van der Waals surface area contributed by atoms with Gasteiger partial charge < -0.3 is 9.80 Å². The molecule has 0 aliphatic carbocycles. The van der Waals surface area contributed by atoms with Crippen molar-refractivity contribution in [2.45, 2.75) is 87.0 Å². The van der Waals surface area contributed by atoms with Gasteiger partial charge in [-0.25, -0.2) is 0 Å².